The van der Waals surface area contributed by atoms with Gasteiger partial charge >= 0.3 is 0 Å². The Morgan fingerprint density at radius 3 is 2.72 bits per heavy atom. The first kappa shape index (κ1) is 16.7. The van der Waals surface area contributed by atoms with Crippen LogP contribution in [0.2, 0.25) is 0 Å². The van der Waals surface area contributed by atoms with Gasteiger partial charge in [-0.1, -0.05) is 24.3 Å². The molecule has 1 heterocycles. The van der Waals surface area contributed by atoms with E-state index < -0.39 is 6.10 Å². The SMILES string of the molecule is Cc1cccc(OC(C)C(=O)Nc2cccc(-c3ncn(C)n3)c2)c1. The molecule has 1 aromatic heterocycles. The summed E-state index contributed by atoms with van der Waals surface area (Å²) in [6, 6.07) is 15.0. The van der Waals surface area contributed by atoms with Crippen molar-refractivity contribution in [2.75, 3.05) is 5.32 Å². The Balaban J connectivity index is 1.68. The third-order valence-electron chi connectivity index (χ3n) is 3.66. The van der Waals surface area contributed by atoms with Crippen molar-refractivity contribution in [1.29, 1.82) is 0 Å². The maximum atomic E-state index is 12.4. The average molecular weight is 336 g/mol. The lowest BCUT2D eigenvalue weighted by Crippen LogP contribution is -2.30. The van der Waals surface area contributed by atoms with Crippen molar-refractivity contribution >= 4 is 11.6 Å². The minimum atomic E-state index is -0.613. The standard InChI is InChI=1S/C19H20N4O2/c1-13-6-4-9-17(10-13)25-14(2)19(24)21-16-8-5-7-15(11-16)18-20-12-23(3)22-18/h4-12,14H,1-3H3,(H,21,24). The van der Waals surface area contributed by atoms with Gasteiger partial charge in [0.25, 0.3) is 5.91 Å². The molecule has 1 amide bonds. The van der Waals surface area contributed by atoms with Gasteiger partial charge in [0, 0.05) is 18.3 Å². The van der Waals surface area contributed by atoms with Crippen LogP contribution in [0.3, 0.4) is 0 Å². The van der Waals surface area contributed by atoms with Crippen LogP contribution in [0.5, 0.6) is 5.75 Å². The van der Waals surface area contributed by atoms with Crippen molar-refractivity contribution in [3.05, 3.63) is 60.4 Å². The minimum absolute atomic E-state index is 0.215. The van der Waals surface area contributed by atoms with Gasteiger partial charge in [0.2, 0.25) is 0 Å². The highest BCUT2D eigenvalue weighted by Crippen LogP contribution is 2.20. The number of carbonyl (C=O) groups is 1. The predicted molar refractivity (Wildman–Crippen MR) is 96.3 cm³/mol. The Labute approximate surface area is 146 Å². The molecule has 0 aliphatic heterocycles. The number of ether oxygens (including phenoxy) is 1. The number of hydrogen-bond donors (Lipinski definition) is 1. The van der Waals surface area contributed by atoms with Crippen molar-refractivity contribution in [2.24, 2.45) is 7.05 Å². The van der Waals surface area contributed by atoms with E-state index in [9.17, 15) is 4.79 Å². The van der Waals surface area contributed by atoms with Crippen LogP contribution in [-0.2, 0) is 11.8 Å². The Morgan fingerprint density at radius 1 is 1.20 bits per heavy atom. The molecule has 0 radical (unpaired) electrons. The van der Waals surface area contributed by atoms with Crippen molar-refractivity contribution in [1.82, 2.24) is 14.8 Å². The molecule has 0 aliphatic carbocycles. The molecule has 0 saturated heterocycles. The zero-order valence-electron chi connectivity index (χ0n) is 14.4. The lowest BCUT2D eigenvalue weighted by Gasteiger charge is -2.15. The molecule has 3 rings (SSSR count). The van der Waals surface area contributed by atoms with E-state index in [-0.39, 0.29) is 5.91 Å². The maximum Gasteiger partial charge on any atom is 0.265 e. The highest BCUT2D eigenvalue weighted by molar-refractivity contribution is 5.94. The molecule has 1 atom stereocenters. The van der Waals surface area contributed by atoms with Gasteiger partial charge in [0.05, 0.1) is 0 Å². The van der Waals surface area contributed by atoms with Crippen LogP contribution in [0.25, 0.3) is 11.4 Å². The van der Waals surface area contributed by atoms with Gasteiger partial charge in [-0.2, -0.15) is 5.10 Å². The molecule has 0 spiro atoms. The lowest BCUT2D eigenvalue weighted by molar-refractivity contribution is -0.122. The molecule has 1 N–H and O–H groups in total. The number of rotatable bonds is 5. The summed E-state index contributed by atoms with van der Waals surface area (Å²) >= 11 is 0. The van der Waals surface area contributed by atoms with Crippen molar-refractivity contribution in [3.8, 4) is 17.1 Å². The predicted octanol–water partition coefficient (Wildman–Crippen LogP) is 3.20. The molecule has 25 heavy (non-hydrogen) atoms. The third-order valence-corrected chi connectivity index (χ3v) is 3.66. The van der Waals surface area contributed by atoms with E-state index >= 15 is 0 Å². The normalized spacial score (nSPS) is 11.8. The second kappa shape index (κ2) is 7.17. The van der Waals surface area contributed by atoms with Gasteiger partial charge in [-0.15, -0.1) is 0 Å². The first-order valence-corrected chi connectivity index (χ1v) is 8.01. The molecule has 6 nitrogen and oxygen atoms in total. The number of anilines is 1. The number of amides is 1. The van der Waals surface area contributed by atoms with Crippen molar-refractivity contribution < 1.29 is 9.53 Å². The summed E-state index contributed by atoms with van der Waals surface area (Å²) in [5, 5.41) is 7.14. The smallest absolute Gasteiger partial charge is 0.265 e. The molecular weight excluding hydrogens is 316 g/mol. The fraction of sp³-hybridized carbons (Fsp3) is 0.211. The number of carbonyl (C=O) groups excluding carboxylic acids is 1. The first-order chi connectivity index (χ1) is 12.0. The van der Waals surface area contributed by atoms with Crippen LogP contribution in [0.4, 0.5) is 5.69 Å². The first-order valence-electron chi connectivity index (χ1n) is 8.01. The Kier molecular flexibility index (Phi) is 4.79. The van der Waals surface area contributed by atoms with Crippen LogP contribution in [0.15, 0.2) is 54.9 Å². The second-order valence-corrected chi connectivity index (χ2v) is 5.89. The number of nitrogens with one attached hydrogen (secondary N) is 1. The van der Waals surface area contributed by atoms with E-state index in [1.54, 1.807) is 17.9 Å². The zero-order chi connectivity index (χ0) is 17.8. The summed E-state index contributed by atoms with van der Waals surface area (Å²) in [7, 11) is 1.81. The number of nitrogens with zero attached hydrogens (tertiary/aromatic N) is 3. The molecule has 1 unspecified atom stereocenters. The highest BCUT2D eigenvalue weighted by Gasteiger charge is 2.15. The van der Waals surface area contributed by atoms with Gasteiger partial charge in [0.1, 0.15) is 12.1 Å². The van der Waals surface area contributed by atoms with Gasteiger partial charge in [0.15, 0.2) is 11.9 Å². The molecule has 6 heteroatoms. The molecule has 0 fully saturated rings. The molecular formula is C19H20N4O2. The molecule has 3 aromatic rings. The monoisotopic (exact) mass is 336 g/mol. The summed E-state index contributed by atoms with van der Waals surface area (Å²) < 4.78 is 7.34. The number of aryl methyl sites for hydroxylation is 2. The van der Waals surface area contributed by atoms with E-state index in [0.29, 0.717) is 17.3 Å². The van der Waals surface area contributed by atoms with E-state index in [1.165, 1.54) is 0 Å². The summed E-state index contributed by atoms with van der Waals surface area (Å²) in [4.78, 5) is 16.6. The minimum Gasteiger partial charge on any atom is -0.481 e. The lowest BCUT2D eigenvalue weighted by atomic mass is 10.2. The van der Waals surface area contributed by atoms with Gasteiger partial charge in [-0.3, -0.25) is 9.48 Å². The summed E-state index contributed by atoms with van der Waals surface area (Å²) in [5.41, 5.74) is 2.60. The van der Waals surface area contributed by atoms with Crippen molar-refractivity contribution in [2.45, 2.75) is 20.0 Å². The quantitative estimate of drug-likeness (QED) is 0.777. The van der Waals surface area contributed by atoms with Crippen LogP contribution >= 0.6 is 0 Å². The summed E-state index contributed by atoms with van der Waals surface area (Å²) in [6.45, 7) is 3.70. The number of hydrogen-bond acceptors (Lipinski definition) is 4. The van der Waals surface area contributed by atoms with Crippen LogP contribution < -0.4 is 10.1 Å². The van der Waals surface area contributed by atoms with E-state index in [4.69, 9.17) is 4.74 Å². The fourth-order valence-corrected chi connectivity index (χ4v) is 2.40. The Morgan fingerprint density at radius 2 is 2.00 bits per heavy atom. The van der Waals surface area contributed by atoms with Crippen LogP contribution in [-0.4, -0.2) is 26.8 Å². The molecule has 128 valence electrons. The molecule has 0 aliphatic rings. The molecule has 0 saturated carbocycles. The van der Waals surface area contributed by atoms with E-state index in [2.05, 4.69) is 15.4 Å². The number of benzene rings is 2. The third kappa shape index (κ3) is 4.23. The van der Waals surface area contributed by atoms with Crippen LogP contribution in [0, 0.1) is 6.92 Å². The largest absolute Gasteiger partial charge is 0.481 e. The van der Waals surface area contributed by atoms with Crippen molar-refractivity contribution in [3.63, 3.8) is 0 Å². The highest BCUT2D eigenvalue weighted by atomic mass is 16.5. The summed E-state index contributed by atoms with van der Waals surface area (Å²) in [5.74, 6) is 1.07. The van der Waals surface area contributed by atoms with E-state index in [1.807, 2.05) is 62.5 Å². The average Bonchev–Trinajstić information content (AvgIpc) is 3.01. The van der Waals surface area contributed by atoms with E-state index in [0.717, 1.165) is 11.1 Å². The number of aromatic nitrogens is 3. The molecule has 0 bridgehead atoms. The zero-order valence-corrected chi connectivity index (χ0v) is 14.4. The van der Waals surface area contributed by atoms with Gasteiger partial charge in [-0.25, -0.2) is 4.98 Å². The topological polar surface area (TPSA) is 69.0 Å². The van der Waals surface area contributed by atoms with Gasteiger partial charge in [-0.05, 0) is 43.7 Å². The fourth-order valence-electron chi connectivity index (χ4n) is 2.40. The molecule has 2 aromatic carbocycles. The van der Waals surface area contributed by atoms with Crippen LogP contribution in [0.1, 0.15) is 12.5 Å². The van der Waals surface area contributed by atoms with Gasteiger partial charge < -0.3 is 10.1 Å². The Bertz CT molecular complexity index is 888. The maximum absolute atomic E-state index is 12.4. The Hall–Kier alpha value is -3.15. The second-order valence-electron chi connectivity index (χ2n) is 5.89. The summed E-state index contributed by atoms with van der Waals surface area (Å²) in [6.07, 6.45) is 1.02.